The zero-order valence-electron chi connectivity index (χ0n) is 15.9. The van der Waals surface area contributed by atoms with Gasteiger partial charge in [-0.25, -0.2) is 13.2 Å². The fraction of sp³-hybridized carbons (Fsp3) is 0.136. The number of sulfonamides is 1. The number of methoxy groups -OCH3 is 1. The molecule has 150 valence electrons. The highest BCUT2D eigenvalue weighted by Crippen LogP contribution is 2.28. The van der Waals surface area contributed by atoms with E-state index >= 15 is 0 Å². The van der Waals surface area contributed by atoms with Crippen LogP contribution in [0.2, 0.25) is 5.02 Å². The Labute approximate surface area is 175 Å². The summed E-state index contributed by atoms with van der Waals surface area (Å²) < 4.78 is 33.8. The van der Waals surface area contributed by atoms with Crippen LogP contribution < -0.4 is 4.72 Å². The third-order valence-corrected chi connectivity index (χ3v) is 6.31. The zero-order chi connectivity index (χ0) is 21.0. The molecule has 3 rings (SSSR count). The quantitative estimate of drug-likeness (QED) is 0.585. The lowest BCUT2D eigenvalue weighted by Gasteiger charge is -2.22. The van der Waals surface area contributed by atoms with Gasteiger partial charge >= 0.3 is 5.97 Å². The molecule has 1 N–H and O–H groups in total. The molecule has 7 heteroatoms. The van der Waals surface area contributed by atoms with Crippen molar-refractivity contribution in [3.63, 3.8) is 0 Å². The molecule has 1 unspecified atom stereocenters. The Morgan fingerprint density at radius 1 is 1.00 bits per heavy atom. The van der Waals surface area contributed by atoms with E-state index in [-0.39, 0.29) is 15.5 Å². The van der Waals surface area contributed by atoms with Crippen molar-refractivity contribution in [3.8, 4) is 0 Å². The Kier molecular flexibility index (Phi) is 6.37. The van der Waals surface area contributed by atoms with Crippen LogP contribution in [0.15, 0.2) is 77.7 Å². The molecule has 0 amide bonds. The van der Waals surface area contributed by atoms with E-state index in [1.54, 1.807) is 0 Å². The minimum absolute atomic E-state index is 0.0100. The molecule has 3 aromatic carbocycles. The summed E-state index contributed by atoms with van der Waals surface area (Å²) in [6.07, 6.45) is 0. The summed E-state index contributed by atoms with van der Waals surface area (Å²) in [7, 11) is -2.76. The maximum Gasteiger partial charge on any atom is 0.339 e. The van der Waals surface area contributed by atoms with Gasteiger partial charge in [-0.2, -0.15) is 4.72 Å². The molecule has 5 nitrogen and oxygen atoms in total. The number of nitrogens with one attached hydrogen (secondary N) is 1. The van der Waals surface area contributed by atoms with E-state index in [1.165, 1.54) is 25.3 Å². The van der Waals surface area contributed by atoms with Crippen molar-refractivity contribution in [1.29, 1.82) is 0 Å². The average Bonchev–Trinajstić information content (AvgIpc) is 2.73. The van der Waals surface area contributed by atoms with E-state index in [2.05, 4.69) is 9.46 Å². The lowest BCUT2D eigenvalue weighted by molar-refractivity contribution is 0.0600. The smallest absolute Gasteiger partial charge is 0.339 e. The Hall–Kier alpha value is -2.67. The summed E-state index contributed by atoms with van der Waals surface area (Å²) >= 11 is 6.02. The highest BCUT2D eigenvalue weighted by atomic mass is 35.5. The number of carbonyl (C=O) groups is 1. The summed E-state index contributed by atoms with van der Waals surface area (Å²) in [4.78, 5) is 11.8. The number of benzene rings is 3. The molecule has 0 fully saturated rings. The Morgan fingerprint density at radius 2 is 1.66 bits per heavy atom. The highest BCUT2D eigenvalue weighted by Gasteiger charge is 2.25. The summed E-state index contributed by atoms with van der Waals surface area (Å²) in [5, 5.41) is 0.120. The van der Waals surface area contributed by atoms with Crippen LogP contribution >= 0.6 is 11.6 Å². The minimum atomic E-state index is -3.97. The van der Waals surface area contributed by atoms with Gasteiger partial charge in [-0.3, -0.25) is 0 Å². The Morgan fingerprint density at radius 3 is 2.31 bits per heavy atom. The second-order valence-electron chi connectivity index (χ2n) is 6.45. The van der Waals surface area contributed by atoms with E-state index in [1.807, 2.05) is 61.5 Å². The second kappa shape index (κ2) is 8.78. The molecule has 0 aromatic heterocycles. The van der Waals surface area contributed by atoms with Crippen molar-refractivity contribution < 1.29 is 17.9 Å². The molecule has 0 saturated carbocycles. The number of esters is 1. The maximum atomic E-state index is 13.2. The summed E-state index contributed by atoms with van der Waals surface area (Å²) in [5.74, 6) is -0.703. The van der Waals surface area contributed by atoms with Crippen LogP contribution in [0.1, 0.15) is 33.1 Å². The van der Waals surface area contributed by atoms with E-state index in [4.69, 9.17) is 11.6 Å². The van der Waals surface area contributed by atoms with Crippen molar-refractivity contribution >= 4 is 27.6 Å². The van der Waals surface area contributed by atoms with Gasteiger partial charge in [0.2, 0.25) is 10.0 Å². The number of ether oxygens (including phenoxy) is 1. The van der Waals surface area contributed by atoms with Gasteiger partial charge in [-0.05, 0) is 41.8 Å². The lowest BCUT2D eigenvalue weighted by atomic mass is 9.96. The van der Waals surface area contributed by atoms with E-state index in [0.29, 0.717) is 0 Å². The van der Waals surface area contributed by atoms with Gasteiger partial charge in [0.15, 0.2) is 0 Å². The van der Waals surface area contributed by atoms with Crippen molar-refractivity contribution in [2.75, 3.05) is 7.11 Å². The van der Waals surface area contributed by atoms with Gasteiger partial charge in [0.1, 0.15) is 0 Å². The van der Waals surface area contributed by atoms with Gasteiger partial charge in [0.05, 0.1) is 28.6 Å². The van der Waals surface area contributed by atoms with Crippen LogP contribution in [0.3, 0.4) is 0 Å². The van der Waals surface area contributed by atoms with Crippen molar-refractivity contribution in [2.45, 2.75) is 17.9 Å². The molecule has 0 aliphatic heterocycles. The van der Waals surface area contributed by atoms with E-state index in [0.717, 1.165) is 16.7 Å². The highest BCUT2D eigenvalue weighted by molar-refractivity contribution is 7.89. The Bertz CT molecular complexity index is 1130. The molecule has 0 saturated heterocycles. The molecular formula is C22H20ClNO4S. The van der Waals surface area contributed by atoms with Crippen LogP contribution in [-0.2, 0) is 14.8 Å². The van der Waals surface area contributed by atoms with Crippen LogP contribution in [-0.4, -0.2) is 21.5 Å². The monoisotopic (exact) mass is 429 g/mol. The van der Waals surface area contributed by atoms with Gasteiger partial charge in [0.25, 0.3) is 0 Å². The van der Waals surface area contributed by atoms with E-state index < -0.39 is 22.0 Å². The number of aryl methyl sites for hydroxylation is 1. The standard InChI is InChI=1S/C22H20ClNO4S/c1-15-8-6-7-11-18(15)21(16-9-4-3-5-10-16)24-29(26,27)17-12-13-20(23)19(14-17)22(25)28-2/h3-14,21,24H,1-2H3. The number of hydrogen-bond donors (Lipinski definition) is 1. The molecule has 0 bridgehead atoms. The summed E-state index contributed by atoms with van der Waals surface area (Å²) in [5.41, 5.74) is 2.58. The molecule has 3 aromatic rings. The number of halogens is 1. The SMILES string of the molecule is COC(=O)c1cc(S(=O)(=O)NC(c2ccccc2)c2ccccc2C)ccc1Cl. The predicted molar refractivity (Wildman–Crippen MR) is 113 cm³/mol. The van der Waals surface area contributed by atoms with Gasteiger partial charge in [0, 0.05) is 0 Å². The lowest BCUT2D eigenvalue weighted by Crippen LogP contribution is -2.30. The first-order chi connectivity index (χ1) is 13.8. The molecule has 29 heavy (non-hydrogen) atoms. The summed E-state index contributed by atoms with van der Waals surface area (Å²) in [6.45, 7) is 1.93. The predicted octanol–water partition coefficient (Wildman–Crippen LogP) is 4.50. The third-order valence-electron chi connectivity index (χ3n) is 4.56. The molecule has 0 heterocycles. The number of hydrogen-bond acceptors (Lipinski definition) is 4. The summed E-state index contributed by atoms with van der Waals surface area (Å²) in [6, 6.07) is 20.2. The first-order valence-electron chi connectivity index (χ1n) is 8.84. The minimum Gasteiger partial charge on any atom is -0.465 e. The fourth-order valence-electron chi connectivity index (χ4n) is 3.03. The van der Waals surface area contributed by atoms with Crippen LogP contribution in [0.4, 0.5) is 0 Å². The second-order valence-corrected chi connectivity index (χ2v) is 8.58. The topological polar surface area (TPSA) is 72.5 Å². The Balaban J connectivity index is 2.06. The zero-order valence-corrected chi connectivity index (χ0v) is 17.5. The molecule has 0 aliphatic rings. The average molecular weight is 430 g/mol. The van der Waals surface area contributed by atoms with Gasteiger partial charge in [-0.15, -0.1) is 0 Å². The largest absolute Gasteiger partial charge is 0.465 e. The fourth-order valence-corrected chi connectivity index (χ4v) is 4.45. The van der Waals surface area contributed by atoms with Crippen LogP contribution in [0.5, 0.6) is 0 Å². The van der Waals surface area contributed by atoms with Gasteiger partial charge in [-0.1, -0.05) is 66.2 Å². The number of carbonyl (C=O) groups excluding carboxylic acids is 1. The number of rotatable bonds is 6. The van der Waals surface area contributed by atoms with Crippen molar-refractivity contribution in [2.24, 2.45) is 0 Å². The molecule has 0 radical (unpaired) electrons. The van der Waals surface area contributed by atoms with Gasteiger partial charge < -0.3 is 4.74 Å². The molecule has 0 spiro atoms. The normalized spacial score (nSPS) is 12.4. The van der Waals surface area contributed by atoms with Crippen molar-refractivity contribution in [3.05, 3.63) is 100 Å². The van der Waals surface area contributed by atoms with E-state index in [9.17, 15) is 13.2 Å². The maximum absolute atomic E-state index is 13.2. The molecule has 1 atom stereocenters. The van der Waals surface area contributed by atoms with Crippen LogP contribution in [0.25, 0.3) is 0 Å². The van der Waals surface area contributed by atoms with Crippen molar-refractivity contribution in [1.82, 2.24) is 4.72 Å². The first kappa shape index (κ1) is 21.0. The third kappa shape index (κ3) is 4.67. The van der Waals surface area contributed by atoms with Crippen LogP contribution in [0, 0.1) is 6.92 Å². The molecular weight excluding hydrogens is 410 g/mol. The molecule has 0 aliphatic carbocycles. The first-order valence-corrected chi connectivity index (χ1v) is 10.7.